The van der Waals surface area contributed by atoms with Crippen LogP contribution < -0.4 is 14.4 Å². The maximum Gasteiger partial charge on any atom is 0.254 e. The Morgan fingerprint density at radius 3 is 2.37 bits per heavy atom. The molecule has 0 unspecified atom stereocenters. The molecule has 0 aliphatic carbocycles. The minimum Gasteiger partial charge on any atom is -0.493 e. The van der Waals surface area contributed by atoms with Gasteiger partial charge in [0.15, 0.2) is 11.5 Å². The summed E-state index contributed by atoms with van der Waals surface area (Å²) in [4.78, 5) is 11.2. The number of fused-ring (bicyclic) bond motifs is 1. The normalized spacial score (nSPS) is 15.1. The van der Waals surface area contributed by atoms with Crippen molar-refractivity contribution in [1.29, 1.82) is 0 Å². The van der Waals surface area contributed by atoms with Crippen LogP contribution in [0.1, 0.15) is 31.7 Å². The highest BCUT2D eigenvalue weighted by atomic mass is 32.2. The number of ether oxygens (including phenoxy) is 2. The van der Waals surface area contributed by atoms with Gasteiger partial charge in [-0.3, -0.25) is 0 Å². The summed E-state index contributed by atoms with van der Waals surface area (Å²) in [6, 6.07) is 12.9. The molecule has 5 rings (SSSR count). The van der Waals surface area contributed by atoms with Crippen LogP contribution in [-0.4, -0.2) is 72.7 Å². The number of nitrogens with zero attached hydrogens (tertiary/aromatic N) is 6. The molecule has 200 valence electrons. The molecule has 3 heterocycles. The van der Waals surface area contributed by atoms with E-state index in [4.69, 9.17) is 9.47 Å². The van der Waals surface area contributed by atoms with E-state index in [2.05, 4.69) is 33.8 Å². The minimum absolute atomic E-state index is 0.323. The van der Waals surface area contributed by atoms with E-state index >= 15 is 0 Å². The maximum atomic E-state index is 13.5. The largest absolute Gasteiger partial charge is 0.493 e. The van der Waals surface area contributed by atoms with Crippen molar-refractivity contribution in [3.63, 3.8) is 0 Å². The second-order valence-electron chi connectivity index (χ2n) is 9.51. The summed E-state index contributed by atoms with van der Waals surface area (Å²) in [5.74, 6) is 2.85. The molecule has 1 fully saturated rings. The Morgan fingerprint density at radius 2 is 1.66 bits per heavy atom. The summed E-state index contributed by atoms with van der Waals surface area (Å²) in [6.45, 7) is 6.10. The fourth-order valence-corrected chi connectivity index (χ4v) is 6.27. The predicted molar refractivity (Wildman–Crippen MR) is 145 cm³/mol. The Hall–Kier alpha value is -3.70. The van der Waals surface area contributed by atoms with Gasteiger partial charge in [-0.25, -0.2) is 13.4 Å². The first-order valence-electron chi connectivity index (χ1n) is 12.6. The molecule has 2 aromatic heterocycles. The predicted octanol–water partition coefficient (Wildman–Crippen LogP) is 3.83. The number of benzene rings is 2. The third-order valence-electron chi connectivity index (χ3n) is 6.91. The average molecular weight is 537 g/mol. The summed E-state index contributed by atoms with van der Waals surface area (Å²) in [5.41, 5.74) is 2.83. The van der Waals surface area contributed by atoms with Crippen LogP contribution in [0.2, 0.25) is 0 Å². The smallest absolute Gasteiger partial charge is 0.254 e. The molecule has 1 aliphatic heterocycles. The molecular weight excluding hydrogens is 504 g/mol. The molecule has 38 heavy (non-hydrogen) atoms. The van der Waals surface area contributed by atoms with Gasteiger partial charge in [-0.2, -0.15) is 18.9 Å². The molecule has 10 nitrogen and oxygen atoms in total. The van der Waals surface area contributed by atoms with Crippen LogP contribution in [0.4, 0.5) is 5.82 Å². The number of rotatable bonds is 7. The van der Waals surface area contributed by atoms with Crippen LogP contribution in [-0.2, 0) is 10.0 Å². The summed E-state index contributed by atoms with van der Waals surface area (Å²) < 4.78 is 41.2. The molecular formula is C27H32N6O4S. The SMILES string of the molecule is COc1ccc(-c2cnc3ncnn3c2N2CCCN(S(=O)(=O)c3ccc(C(C)C)cc3)CC2)cc1OC. The number of hydrogen-bond donors (Lipinski definition) is 0. The van der Waals surface area contributed by atoms with Crippen LogP contribution in [0.5, 0.6) is 11.5 Å². The van der Waals surface area contributed by atoms with E-state index in [9.17, 15) is 8.42 Å². The minimum atomic E-state index is -3.61. The number of aromatic nitrogens is 4. The van der Waals surface area contributed by atoms with Gasteiger partial charge in [-0.1, -0.05) is 32.0 Å². The third-order valence-corrected chi connectivity index (χ3v) is 8.83. The molecule has 2 aromatic carbocycles. The van der Waals surface area contributed by atoms with E-state index in [1.165, 1.54) is 6.33 Å². The fraction of sp³-hybridized carbons (Fsp3) is 0.370. The first kappa shape index (κ1) is 25.9. The lowest BCUT2D eigenvalue weighted by Gasteiger charge is -2.26. The van der Waals surface area contributed by atoms with E-state index in [0.717, 1.165) is 22.5 Å². The van der Waals surface area contributed by atoms with Gasteiger partial charge in [0, 0.05) is 37.9 Å². The third kappa shape index (κ3) is 4.79. The lowest BCUT2D eigenvalue weighted by molar-refractivity contribution is 0.355. The van der Waals surface area contributed by atoms with E-state index in [1.54, 1.807) is 41.4 Å². The standard InChI is InChI=1S/C27H32N6O4S/c1-19(2)20-6-9-22(10-7-20)38(34,35)32-13-5-12-31(14-15-32)26-23(17-28-27-29-18-30-33(26)27)21-8-11-24(36-3)25(16-21)37-4/h6-11,16-19H,5,12-15H2,1-4H3. The Labute approximate surface area is 222 Å². The lowest BCUT2D eigenvalue weighted by Crippen LogP contribution is -2.35. The Morgan fingerprint density at radius 1 is 0.895 bits per heavy atom. The molecule has 0 radical (unpaired) electrons. The quantitative estimate of drug-likeness (QED) is 0.351. The number of anilines is 1. The molecule has 1 saturated heterocycles. The molecule has 0 bridgehead atoms. The Bertz CT molecular complexity index is 1540. The highest BCUT2D eigenvalue weighted by Crippen LogP contribution is 2.37. The summed E-state index contributed by atoms with van der Waals surface area (Å²) in [6.07, 6.45) is 3.91. The van der Waals surface area contributed by atoms with Crippen molar-refractivity contribution < 1.29 is 17.9 Å². The van der Waals surface area contributed by atoms with Crippen LogP contribution in [0, 0.1) is 0 Å². The van der Waals surface area contributed by atoms with E-state index in [1.807, 2.05) is 30.3 Å². The number of hydrogen-bond acceptors (Lipinski definition) is 8. The first-order valence-corrected chi connectivity index (χ1v) is 14.0. The van der Waals surface area contributed by atoms with Gasteiger partial charge >= 0.3 is 0 Å². The van der Waals surface area contributed by atoms with Crippen LogP contribution in [0.25, 0.3) is 16.9 Å². The molecule has 0 saturated carbocycles. The van der Waals surface area contributed by atoms with Gasteiger partial charge in [0.2, 0.25) is 10.0 Å². The van der Waals surface area contributed by atoms with Crippen LogP contribution in [0.3, 0.4) is 0 Å². The van der Waals surface area contributed by atoms with Crippen molar-refractivity contribution in [2.24, 2.45) is 0 Å². The van der Waals surface area contributed by atoms with Crippen molar-refractivity contribution in [1.82, 2.24) is 23.9 Å². The summed E-state index contributed by atoms with van der Waals surface area (Å²) >= 11 is 0. The lowest BCUT2D eigenvalue weighted by atomic mass is 10.0. The van der Waals surface area contributed by atoms with E-state index in [0.29, 0.717) is 60.7 Å². The zero-order valence-corrected chi connectivity index (χ0v) is 22.9. The zero-order chi connectivity index (χ0) is 26.9. The second-order valence-corrected chi connectivity index (χ2v) is 11.4. The molecule has 0 spiro atoms. The van der Waals surface area contributed by atoms with Crippen LogP contribution >= 0.6 is 0 Å². The zero-order valence-electron chi connectivity index (χ0n) is 22.0. The van der Waals surface area contributed by atoms with Gasteiger partial charge in [0.05, 0.1) is 19.1 Å². The Balaban J connectivity index is 1.47. The van der Waals surface area contributed by atoms with Crippen molar-refractivity contribution in [3.8, 4) is 22.6 Å². The molecule has 1 aliphatic rings. The monoisotopic (exact) mass is 536 g/mol. The molecule has 4 aromatic rings. The molecule has 0 atom stereocenters. The van der Waals surface area contributed by atoms with Crippen molar-refractivity contribution >= 4 is 21.6 Å². The van der Waals surface area contributed by atoms with Crippen molar-refractivity contribution in [3.05, 3.63) is 60.6 Å². The van der Waals surface area contributed by atoms with Crippen LogP contribution in [0.15, 0.2) is 59.9 Å². The fourth-order valence-electron chi connectivity index (χ4n) is 4.80. The first-order chi connectivity index (χ1) is 18.3. The van der Waals surface area contributed by atoms with E-state index in [-0.39, 0.29) is 0 Å². The highest BCUT2D eigenvalue weighted by Gasteiger charge is 2.29. The van der Waals surface area contributed by atoms with Gasteiger partial charge in [-0.15, -0.1) is 0 Å². The van der Waals surface area contributed by atoms with Gasteiger partial charge in [-0.05, 0) is 47.7 Å². The van der Waals surface area contributed by atoms with Gasteiger partial charge < -0.3 is 14.4 Å². The Kier molecular flexibility index (Phi) is 7.22. The maximum absolute atomic E-state index is 13.5. The van der Waals surface area contributed by atoms with Gasteiger partial charge in [0.25, 0.3) is 5.78 Å². The highest BCUT2D eigenvalue weighted by molar-refractivity contribution is 7.89. The average Bonchev–Trinajstić information content (AvgIpc) is 3.28. The number of sulfonamides is 1. The van der Waals surface area contributed by atoms with Gasteiger partial charge in [0.1, 0.15) is 12.1 Å². The number of methoxy groups -OCH3 is 2. The summed E-state index contributed by atoms with van der Waals surface area (Å²) in [5, 5.41) is 4.44. The van der Waals surface area contributed by atoms with Crippen molar-refractivity contribution in [2.75, 3.05) is 45.3 Å². The second kappa shape index (κ2) is 10.6. The van der Waals surface area contributed by atoms with Crippen molar-refractivity contribution in [2.45, 2.75) is 31.1 Å². The molecule has 0 N–H and O–H groups in total. The van der Waals surface area contributed by atoms with E-state index < -0.39 is 10.0 Å². The topological polar surface area (TPSA) is 102 Å². The summed E-state index contributed by atoms with van der Waals surface area (Å²) in [7, 11) is -0.417. The molecule has 0 amide bonds. The molecule has 11 heteroatoms.